The van der Waals surface area contributed by atoms with Crippen LogP contribution in [0.4, 0.5) is 0 Å². The third-order valence-electron chi connectivity index (χ3n) is 1.99. The third-order valence-corrected chi connectivity index (χ3v) is 1.99. The van der Waals surface area contributed by atoms with E-state index >= 15 is 0 Å². The van der Waals surface area contributed by atoms with E-state index in [1.165, 1.54) is 6.08 Å². The van der Waals surface area contributed by atoms with Crippen molar-refractivity contribution in [3.63, 3.8) is 0 Å². The van der Waals surface area contributed by atoms with Crippen molar-refractivity contribution in [3.8, 4) is 0 Å². The molecule has 0 saturated carbocycles. The molecular formula is C8H13N3O2. The minimum Gasteiger partial charge on any atom is -0.395 e. The first-order valence-corrected chi connectivity index (χ1v) is 4.16. The summed E-state index contributed by atoms with van der Waals surface area (Å²) in [6, 6.07) is 0. The Balaban J connectivity index is 2.65. The van der Waals surface area contributed by atoms with E-state index in [-0.39, 0.29) is 17.5 Å². The molecule has 1 aliphatic heterocycles. The van der Waals surface area contributed by atoms with Gasteiger partial charge in [-0.15, -0.1) is 0 Å². The summed E-state index contributed by atoms with van der Waals surface area (Å²) < 4.78 is 0. The van der Waals surface area contributed by atoms with Gasteiger partial charge in [-0.1, -0.05) is 0 Å². The minimum absolute atomic E-state index is 0.0398. The topological polar surface area (TPSA) is 98.2 Å². The molecule has 0 aromatic heterocycles. The Morgan fingerprint density at radius 2 is 2.23 bits per heavy atom. The summed E-state index contributed by atoms with van der Waals surface area (Å²) in [5, 5.41) is 2.69. The fourth-order valence-corrected chi connectivity index (χ4v) is 1.25. The largest absolute Gasteiger partial charge is 0.395 e. The second-order valence-electron chi connectivity index (χ2n) is 3.03. The van der Waals surface area contributed by atoms with Crippen LogP contribution in [0.5, 0.6) is 0 Å². The highest BCUT2D eigenvalue weighted by atomic mass is 16.2. The fourth-order valence-electron chi connectivity index (χ4n) is 1.25. The van der Waals surface area contributed by atoms with Crippen LogP contribution in [0.15, 0.2) is 11.8 Å². The van der Waals surface area contributed by atoms with Crippen molar-refractivity contribution in [1.82, 2.24) is 5.32 Å². The number of hydrogen-bond donors (Lipinski definition) is 3. The summed E-state index contributed by atoms with van der Waals surface area (Å²) in [5.41, 5.74) is 10.2. The lowest BCUT2D eigenvalue weighted by Crippen LogP contribution is -2.36. The molecule has 13 heavy (non-hydrogen) atoms. The average Bonchev–Trinajstić information content (AvgIpc) is 2.08. The second-order valence-corrected chi connectivity index (χ2v) is 3.03. The molecule has 0 aromatic carbocycles. The maximum atomic E-state index is 11.2. The molecule has 0 bridgehead atoms. The first-order valence-electron chi connectivity index (χ1n) is 4.16. The Morgan fingerprint density at radius 1 is 1.54 bits per heavy atom. The predicted octanol–water partition coefficient (Wildman–Crippen LogP) is -1.16. The van der Waals surface area contributed by atoms with Gasteiger partial charge in [0.15, 0.2) is 0 Å². The van der Waals surface area contributed by atoms with Crippen LogP contribution in [-0.2, 0) is 9.59 Å². The lowest BCUT2D eigenvalue weighted by atomic mass is 9.97. The minimum atomic E-state index is -0.682. The number of amides is 2. The number of piperidine rings is 1. The van der Waals surface area contributed by atoms with Gasteiger partial charge in [0.05, 0.1) is 11.6 Å². The van der Waals surface area contributed by atoms with Gasteiger partial charge >= 0.3 is 0 Å². The van der Waals surface area contributed by atoms with E-state index in [1.807, 2.05) is 0 Å². The van der Waals surface area contributed by atoms with E-state index in [4.69, 9.17) is 11.5 Å². The van der Waals surface area contributed by atoms with Crippen molar-refractivity contribution in [1.29, 1.82) is 0 Å². The molecule has 1 fully saturated rings. The van der Waals surface area contributed by atoms with Crippen molar-refractivity contribution in [3.05, 3.63) is 11.8 Å². The molecule has 0 unspecified atom stereocenters. The Morgan fingerprint density at radius 3 is 2.77 bits per heavy atom. The molecule has 2 amide bonds. The lowest BCUT2D eigenvalue weighted by Gasteiger charge is -2.18. The molecule has 72 valence electrons. The molecule has 0 spiro atoms. The highest BCUT2D eigenvalue weighted by Gasteiger charge is 2.20. The highest BCUT2D eigenvalue weighted by molar-refractivity contribution is 5.92. The van der Waals surface area contributed by atoms with Crippen molar-refractivity contribution >= 4 is 11.8 Å². The molecule has 1 atom stereocenters. The van der Waals surface area contributed by atoms with Gasteiger partial charge in [-0.25, -0.2) is 0 Å². The van der Waals surface area contributed by atoms with Crippen LogP contribution in [0.1, 0.15) is 12.8 Å². The zero-order valence-corrected chi connectivity index (χ0v) is 7.25. The molecule has 0 aliphatic carbocycles. The van der Waals surface area contributed by atoms with Crippen molar-refractivity contribution < 1.29 is 9.59 Å². The second kappa shape index (κ2) is 3.93. The number of nitrogens with two attached hydrogens (primary N) is 2. The standard InChI is InChI=1S/C8H13N3O2/c9-6(7(10)12)4-5-2-1-3-11-8(5)13/h4-5H,1-3,9H2,(H2,10,12)(H,11,13)/t5-/m0/s1. The number of hydrogen-bond acceptors (Lipinski definition) is 3. The smallest absolute Gasteiger partial charge is 0.264 e. The Hall–Kier alpha value is -1.52. The van der Waals surface area contributed by atoms with E-state index < -0.39 is 5.91 Å². The fraction of sp³-hybridized carbons (Fsp3) is 0.500. The van der Waals surface area contributed by atoms with Crippen LogP contribution in [0.2, 0.25) is 0 Å². The molecule has 5 heteroatoms. The first-order chi connectivity index (χ1) is 6.11. The van der Waals surface area contributed by atoms with Gasteiger partial charge in [0.2, 0.25) is 5.91 Å². The van der Waals surface area contributed by atoms with Crippen LogP contribution in [0.25, 0.3) is 0 Å². The normalized spacial score (nSPS) is 23.8. The zero-order valence-electron chi connectivity index (χ0n) is 7.25. The molecule has 1 rings (SSSR count). The molecule has 0 radical (unpaired) electrons. The number of nitrogens with one attached hydrogen (secondary N) is 1. The van der Waals surface area contributed by atoms with E-state index in [1.54, 1.807) is 0 Å². The van der Waals surface area contributed by atoms with Crippen LogP contribution >= 0.6 is 0 Å². The van der Waals surface area contributed by atoms with E-state index in [9.17, 15) is 9.59 Å². The van der Waals surface area contributed by atoms with Crippen LogP contribution in [-0.4, -0.2) is 18.4 Å². The van der Waals surface area contributed by atoms with Gasteiger partial charge in [-0.3, -0.25) is 9.59 Å². The maximum Gasteiger partial charge on any atom is 0.264 e. The molecule has 1 saturated heterocycles. The van der Waals surface area contributed by atoms with Gasteiger partial charge in [0.25, 0.3) is 5.91 Å². The zero-order chi connectivity index (χ0) is 9.84. The number of carbonyl (C=O) groups is 2. The van der Waals surface area contributed by atoms with Gasteiger partial charge in [-0.2, -0.15) is 0 Å². The van der Waals surface area contributed by atoms with E-state index in [2.05, 4.69) is 5.32 Å². The van der Waals surface area contributed by atoms with E-state index in [0.29, 0.717) is 6.54 Å². The Labute approximate surface area is 76.2 Å². The predicted molar refractivity (Wildman–Crippen MR) is 47.2 cm³/mol. The molecule has 5 nitrogen and oxygen atoms in total. The van der Waals surface area contributed by atoms with Gasteiger partial charge < -0.3 is 16.8 Å². The van der Waals surface area contributed by atoms with Gasteiger partial charge in [-0.05, 0) is 18.9 Å². The number of primary amides is 1. The highest BCUT2D eigenvalue weighted by Crippen LogP contribution is 2.13. The summed E-state index contributed by atoms with van der Waals surface area (Å²) in [6.07, 6.45) is 3.05. The van der Waals surface area contributed by atoms with Crippen molar-refractivity contribution in [2.75, 3.05) is 6.54 Å². The van der Waals surface area contributed by atoms with Crippen molar-refractivity contribution in [2.24, 2.45) is 17.4 Å². The lowest BCUT2D eigenvalue weighted by molar-refractivity contribution is -0.125. The first kappa shape index (κ1) is 9.57. The summed E-state index contributed by atoms with van der Waals surface area (Å²) in [5.74, 6) is -1.07. The van der Waals surface area contributed by atoms with Crippen LogP contribution in [0, 0.1) is 5.92 Å². The van der Waals surface area contributed by atoms with Gasteiger partial charge in [0, 0.05) is 6.54 Å². The number of rotatable bonds is 2. The summed E-state index contributed by atoms with van der Waals surface area (Å²) in [7, 11) is 0. The SMILES string of the molecule is NC(=O)C(N)=C[C@@H]1CCCNC1=O. The Kier molecular flexibility index (Phi) is 2.89. The molecular weight excluding hydrogens is 170 g/mol. The van der Waals surface area contributed by atoms with Gasteiger partial charge in [0.1, 0.15) is 0 Å². The molecule has 5 N–H and O–H groups in total. The molecule has 1 aliphatic rings. The molecule has 1 heterocycles. The quantitative estimate of drug-likeness (QED) is 0.471. The summed E-state index contributed by atoms with van der Waals surface area (Å²) in [4.78, 5) is 21.8. The maximum absolute atomic E-state index is 11.2. The third kappa shape index (κ3) is 2.47. The monoisotopic (exact) mass is 183 g/mol. The summed E-state index contributed by atoms with van der Waals surface area (Å²) >= 11 is 0. The van der Waals surface area contributed by atoms with Crippen molar-refractivity contribution in [2.45, 2.75) is 12.8 Å². The van der Waals surface area contributed by atoms with E-state index in [0.717, 1.165) is 12.8 Å². The average molecular weight is 183 g/mol. The Bertz CT molecular complexity index is 260. The number of carbonyl (C=O) groups excluding carboxylic acids is 2. The summed E-state index contributed by atoms with van der Waals surface area (Å²) in [6.45, 7) is 0.694. The van der Waals surface area contributed by atoms with Crippen LogP contribution < -0.4 is 16.8 Å². The molecule has 0 aromatic rings. The van der Waals surface area contributed by atoms with Crippen LogP contribution in [0.3, 0.4) is 0 Å².